The van der Waals surface area contributed by atoms with Crippen molar-refractivity contribution < 1.29 is 9.53 Å². The number of nitrogens with zero attached hydrogens (tertiary/aromatic N) is 1. The van der Waals surface area contributed by atoms with Gasteiger partial charge in [0.15, 0.2) is 0 Å². The summed E-state index contributed by atoms with van der Waals surface area (Å²) in [5.74, 6) is 0. The maximum atomic E-state index is 11.2. The van der Waals surface area contributed by atoms with E-state index in [1.165, 1.54) is 0 Å². The number of cyclic esters (lactones) is 1. The minimum absolute atomic E-state index is 0.0677. The summed E-state index contributed by atoms with van der Waals surface area (Å²) in [4.78, 5) is 13.1. The van der Waals surface area contributed by atoms with E-state index in [0.717, 1.165) is 19.4 Å². The summed E-state index contributed by atoms with van der Waals surface area (Å²) in [6, 6.07) is 0.363. The second-order valence-electron chi connectivity index (χ2n) is 3.32. The predicted molar refractivity (Wildman–Crippen MR) is 47.0 cm³/mol. The predicted octanol–water partition coefficient (Wildman–Crippen LogP) is 2.02. The summed E-state index contributed by atoms with van der Waals surface area (Å²) in [6.07, 6.45) is 1.95. The van der Waals surface area contributed by atoms with Crippen LogP contribution in [-0.2, 0) is 4.74 Å². The molecular formula is C9H17NO2. The third-order valence-electron chi connectivity index (χ3n) is 2.37. The largest absolute Gasteiger partial charge is 0.444 e. The molecule has 0 saturated carbocycles. The van der Waals surface area contributed by atoms with Gasteiger partial charge in [-0.15, -0.1) is 0 Å². The molecule has 1 aliphatic rings. The van der Waals surface area contributed by atoms with E-state index in [0.29, 0.717) is 6.04 Å². The van der Waals surface area contributed by atoms with E-state index >= 15 is 0 Å². The van der Waals surface area contributed by atoms with Gasteiger partial charge in [-0.2, -0.15) is 0 Å². The van der Waals surface area contributed by atoms with Crippen LogP contribution in [0, 0.1) is 0 Å². The number of hydrogen-bond acceptors (Lipinski definition) is 2. The smallest absolute Gasteiger partial charge is 0.410 e. The first-order valence-corrected chi connectivity index (χ1v) is 4.66. The van der Waals surface area contributed by atoms with E-state index in [4.69, 9.17) is 4.74 Å². The molecule has 1 fully saturated rings. The molecule has 0 aromatic heterocycles. The van der Waals surface area contributed by atoms with Gasteiger partial charge in [0.1, 0.15) is 6.10 Å². The summed E-state index contributed by atoms with van der Waals surface area (Å²) in [6.45, 7) is 6.89. The highest BCUT2D eigenvalue weighted by Gasteiger charge is 2.31. The third kappa shape index (κ3) is 1.71. The van der Waals surface area contributed by atoms with E-state index < -0.39 is 0 Å². The fourth-order valence-corrected chi connectivity index (χ4v) is 1.66. The molecule has 0 aromatic carbocycles. The van der Waals surface area contributed by atoms with Gasteiger partial charge in [0.05, 0.1) is 6.54 Å². The molecule has 1 amide bonds. The van der Waals surface area contributed by atoms with Crippen molar-refractivity contribution in [3.63, 3.8) is 0 Å². The Balaban J connectivity index is 2.56. The van der Waals surface area contributed by atoms with Gasteiger partial charge < -0.3 is 9.64 Å². The highest BCUT2D eigenvalue weighted by atomic mass is 16.6. The first kappa shape index (κ1) is 9.36. The lowest BCUT2D eigenvalue weighted by atomic mass is 10.1. The second kappa shape index (κ2) is 3.78. The van der Waals surface area contributed by atoms with Crippen molar-refractivity contribution in [3.05, 3.63) is 0 Å². The average Bonchev–Trinajstić information content (AvgIpc) is 2.34. The van der Waals surface area contributed by atoms with Crippen molar-refractivity contribution in [1.82, 2.24) is 4.90 Å². The standard InChI is InChI=1S/C9H17NO2/c1-4-8(5-2)10-6-7(3)12-9(10)11/h7-8H,4-6H2,1-3H3. The van der Waals surface area contributed by atoms with Crippen LogP contribution in [0.15, 0.2) is 0 Å². The molecule has 1 saturated heterocycles. The molecule has 1 atom stereocenters. The van der Waals surface area contributed by atoms with Crippen molar-refractivity contribution in [2.45, 2.75) is 45.8 Å². The molecule has 0 N–H and O–H groups in total. The van der Waals surface area contributed by atoms with Crippen molar-refractivity contribution in [2.75, 3.05) is 6.54 Å². The Hall–Kier alpha value is -0.730. The molecule has 3 heteroatoms. The summed E-state index contributed by atoms with van der Waals surface area (Å²) in [5.41, 5.74) is 0. The molecule has 1 rings (SSSR count). The van der Waals surface area contributed by atoms with Crippen molar-refractivity contribution in [2.24, 2.45) is 0 Å². The van der Waals surface area contributed by atoms with Crippen LogP contribution in [0.2, 0.25) is 0 Å². The number of ether oxygens (including phenoxy) is 1. The van der Waals surface area contributed by atoms with Crippen LogP contribution in [0.25, 0.3) is 0 Å². The van der Waals surface area contributed by atoms with Gasteiger partial charge in [0.25, 0.3) is 0 Å². The third-order valence-corrected chi connectivity index (χ3v) is 2.37. The zero-order valence-corrected chi connectivity index (χ0v) is 8.04. The van der Waals surface area contributed by atoms with Gasteiger partial charge in [0, 0.05) is 6.04 Å². The highest BCUT2D eigenvalue weighted by molar-refractivity contribution is 5.70. The zero-order valence-electron chi connectivity index (χ0n) is 8.04. The van der Waals surface area contributed by atoms with Crippen molar-refractivity contribution >= 4 is 6.09 Å². The number of carbonyl (C=O) groups excluding carboxylic acids is 1. The zero-order chi connectivity index (χ0) is 9.14. The van der Waals surface area contributed by atoms with Crippen LogP contribution in [0.5, 0.6) is 0 Å². The van der Waals surface area contributed by atoms with Crippen molar-refractivity contribution in [1.29, 1.82) is 0 Å². The summed E-state index contributed by atoms with van der Waals surface area (Å²) < 4.78 is 5.05. The Morgan fingerprint density at radius 1 is 1.58 bits per heavy atom. The van der Waals surface area contributed by atoms with Gasteiger partial charge in [-0.25, -0.2) is 4.79 Å². The van der Waals surface area contributed by atoms with Gasteiger partial charge >= 0.3 is 6.09 Å². The maximum absolute atomic E-state index is 11.2. The Bertz CT molecular complexity index is 166. The Labute approximate surface area is 73.7 Å². The fourth-order valence-electron chi connectivity index (χ4n) is 1.66. The van der Waals surface area contributed by atoms with Crippen LogP contribution in [0.4, 0.5) is 4.79 Å². The lowest BCUT2D eigenvalue weighted by Gasteiger charge is -2.22. The molecule has 70 valence electrons. The Morgan fingerprint density at radius 2 is 2.17 bits per heavy atom. The van der Waals surface area contributed by atoms with E-state index in [1.54, 1.807) is 0 Å². The Morgan fingerprint density at radius 3 is 2.50 bits per heavy atom. The van der Waals surface area contributed by atoms with Crippen LogP contribution in [0.1, 0.15) is 33.6 Å². The molecule has 0 spiro atoms. The first-order valence-electron chi connectivity index (χ1n) is 4.66. The number of rotatable bonds is 3. The van der Waals surface area contributed by atoms with E-state index in [1.807, 2.05) is 11.8 Å². The van der Waals surface area contributed by atoms with Gasteiger partial charge in [-0.3, -0.25) is 0 Å². The molecule has 12 heavy (non-hydrogen) atoms. The molecule has 0 bridgehead atoms. The topological polar surface area (TPSA) is 29.5 Å². The minimum atomic E-state index is -0.142. The molecule has 0 radical (unpaired) electrons. The molecule has 1 unspecified atom stereocenters. The van der Waals surface area contributed by atoms with E-state index in [2.05, 4.69) is 13.8 Å². The van der Waals surface area contributed by atoms with Gasteiger partial charge in [0.2, 0.25) is 0 Å². The monoisotopic (exact) mass is 171 g/mol. The number of hydrogen-bond donors (Lipinski definition) is 0. The number of carbonyl (C=O) groups is 1. The lowest BCUT2D eigenvalue weighted by Crippen LogP contribution is -2.35. The summed E-state index contributed by atoms with van der Waals surface area (Å²) in [7, 11) is 0. The lowest BCUT2D eigenvalue weighted by molar-refractivity contribution is 0.131. The average molecular weight is 171 g/mol. The summed E-state index contributed by atoms with van der Waals surface area (Å²) in [5, 5.41) is 0. The maximum Gasteiger partial charge on any atom is 0.410 e. The SMILES string of the molecule is CCC(CC)N1CC(C)OC1=O. The molecule has 1 aliphatic heterocycles. The van der Waals surface area contributed by atoms with Crippen LogP contribution < -0.4 is 0 Å². The molecule has 0 aliphatic carbocycles. The first-order chi connectivity index (χ1) is 5.69. The van der Waals surface area contributed by atoms with Crippen LogP contribution in [-0.4, -0.2) is 29.7 Å². The minimum Gasteiger partial charge on any atom is -0.444 e. The van der Waals surface area contributed by atoms with Crippen LogP contribution >= 0.6 is 0 Å². The van der Waals surface area contributed by atoms with E-state index in [-0.39, 0.29) is 12.2 Å². The quantitative estimate of drug-likeness (QED) is 0.650. The normalized spacial score (nSPS) is 23.5. The van der Waals surface area contributed by atoms with Crippen LogP contribution in [0.3, 0.4) is 0 Å². The number of amides is 1. The fraction of sp³-hybridized carbons (Fsp3) is 0.889. The molecule has 1 heterocycles. The van der Waals surface area contributed by atoms with Gasteiger partial charge in [-0.05, 0) is 19.8 Å². The molecule has 3 nitrogen and oxygen atoms in total. The molecular weight excluding hydrogens is 154 g/mol. The highest BCUT2D eigenvalue weighted by Crippen LogP contribution is 2.17. The Kier molecular flexibility index (Phi) is 2.95. The van der Waals surface area contributed by atoms with Gasteiger partial charge in [-0.1, -0.05) is 13.8 Å². The second-order valence-corrected chi connectivity index (χ2v) is 3.32. The molecule has 0 aromatic rings. The van der Waals surface area contributed by atoms with Crippen molar-refractivity contribution in [3.8, 4) is 0 Å². The summed E-state index contributed by atoms with van der Waals surface area (Å²) >= 11 is 0. The van der Waals surface area contributed by atoms with E-state index in [9.17, 15) is 4.79 Å².